The van der Waals surface area contributed by atoms with E-state index in [4.69, 9.17) is 0 Å². The predicted molar refractivity (Wildman–Crippen MR) is 95.6 cm³/mol. The van der Waals surface area contributed by atoms with Gasteiger partial charge in [-0.25, -0.2) is 0 Å². The first-order valence-corrected chi connectivity index (χ1v) is 12.3. The summed E-state index contributed by atoms with van der Waals surface area (Å²) >= 11 is 3.40. The van der Waals surface area contributed by atoms with Crippen LogP contribution in [0.1, 0.15) is 31.2 Å². The summed E-state index contributed by atoms with van der Waals surface area (Å²) in [7, 11) is 0. The summed E-state index contributed by atoms with van der Waals surface area (Å²) in [5.74, 6) is 0. The number of aliphatic hydroxyl groups is 2. The topological polar surface area (TPSA) is 40.5 Å². The van der Waals surface area contributed by atoms with Crippen molar-refractivity contribution in [2.75, 3.05) is 0 Å². The van der Waals surface area contributed by atoms with Gasteiger partial charge in [-0.2, -0.15) is 3.69 Å². The first-order valence-electron chi connectivity index (χ1n) is 7.70. The molecule has 1 fully saturated rings. The van der Waals surface area contributed by atoms with Crippen molar-refractivity contribution >= 4 is 34.8 Å². The van der Waals surface area contributed by atoms with E-state index in [0.717, 1.165) is 24.8 Å². The first-order chi connectivity index (χ1) is 10.6. The Balaban J connectivity index is 0.000000188. The van der Waals surface area contributed by atoms with Crippen molar-refractivity contribution in [1.82, 2.24) is 0 Å². The van der Waals surface area contributed by atoms with Crippen LogP contribution in [0.5, 0.6) is 0 Å². The lowest BCUT2D eigenvalue weighted by atomic mass is 9.78. The lowest BCUT2D eigenvalue weighted by Crippen LogP contribution is -2.34. The molecule has 0 bridgehead atoms. The van der Waals surface area contributed by atoms with Crippen LogP contribution in [0.2, 0.25) is 0 Å². The lowest BCUT2D eigenvalue weighted by Gasteiger charge is -2.35. The van der Waals surface area contributed by atoms with Gasteiger partial charge in [0, 0.05) is 6.42 Å². The molecule has 0 heterocycles. The molecule has 2 unspecified atom stereocenters. The quantitative estimate of drug-likeness (QED) is 0.794. The summed E-state index contributed by atoms with van der Waals surface area (Å²) in [5.41, 5.74) is 0.123. The van der Waals surface area contributed by atoms with Crippen LogP contribution < -0.4 is 3.69 Å². The van der Waals surface area contributed by atoms with E-state index in [1.807, 2.05) is 36.4 Å². The normalized spacial score (nSPS) is 23.9. The van der Waals surface area contributed by atoms with Crippen molar-refractivity contribution in [3.8, 4) is 0 Å². The Morgan fingerprint density at radius 1 is 1.00 bits per heavy atom. The maximum atomic E-state index is 10.4. The van der Waals surface area contributed by atoms with Gasteiger partial charge in [-0.05, 0) is 24.8 Å². The predicted octanol–water partition coefficient (Wildman–Crippen LogP) is 3.14. The second kappa shape index (κ2) is 9.04. The zero-order valence-corrected chi connectivity index (χ0v) is 15.7. The van der Waals surface area contributed by atoms with Crippen LogP contribution in [0.25, 0.3) is 0 Å². The fourth-order valence-electron chi connectivity index (χ4n) is 2.80. The minimum atomic E-state index is -0.807. The standard InChI is InChI=1S/C12H16O2.C6H5.BrH.Mg/c13-11-7-4-8-12(14,9-11)10-5-2-1-3-6-10;1-2-4-6-5-3-1;;/h1-3,5-6,11,13-14H,4,7-9H2;1-5H;1H;/q;;;+1/p-1. The molecular formula is C18H21BrMgO2. The van der Waals surface area contributed by atoms with E-state index in [9.17, 15) is 10.2 Å². The number of aliphatic hydroxyl groups excluding tert-OH is 1. The molecule has 2 atom stereocenters. The van der Waals surface area contributed by atoms with Gasteiger partial charge in [-0.1, -0.05) is 60.7 Å². The van der Waals surface area contributed by atoms with Crippen LogP contribution in [-0.4, -0.2) is 34.5 Å². The van der Waals surface area contributed by atoms with Gasteiger partial charge in [0.1, 0.15) is 0 Å². The number of benzene rings is 2. The van der Waals surface area contributed by atoms with Crippen molar-refractivity contribution in [3.05, 3.63) is 66.2 Å². The van der Waals surface area contributed by atoms with Gasteiger partial charge in [-0.3, -0.25) is 12.9 Å². The molecule has 114 valence electrons. The lowest BCUT2D eigenvalue weighted by molar-refractivity contribution is -0.0498. The van der Waals surface area contributed by atoms with Crippen LogP contribution in [0.15, 0.2) is 60.7 Å². The highest BCUT2D eigenvalue weighted by atomic mass is 79.9. The Labute approximate surface area is 148 Å². The Morgan fingerprint density at radius 2 is 1.59 bits per heavy atom. The molecule has 0 radical (unpaired) electrons. The maximum absolute atomic E-state index is 10.4. The van der Waals surface area contributed by atoms with Gasteiger partial charge in [0.2, 0.25) is 0 Å². The van der Waals surface area contributed by atoms with Crippen LogP contribution in [0.3, 0.4) is 0 Å². The minimum absolute atomic E-state index is 0.0962. The average molecular weight is 374 g/mol. The zero-order valence-electron chi connectivity index (χ0n) is 12.7. The monoisotopic (exact) mass is 372 g/mol. The third kappa shape index (κ3) is 5.35. The van der Waals surface area contributed by atoms with Crippen molar-refractivity contribution in [2.45, 2.75) is 37.4 Å². The highest BCUT2D eigenvalue weighted by Gasteiger charge is 2.34. The Kier molecular flexibility index (Phi) is 7.37. The number of halogens is 1. The summed E-state index contributed by atoms with van der Waals surface area (Å²) in [6.45, 7) is 0. The second-order valence-corrected chi connectivity index (χ2v) is 8.53. The molecule has 0 saturated heterocycles. The van der Waals surface area contributed by atoms with E-state index in [1.165, 1.54) is 3.69 Å². The molecule has 0 spiro atoms. The zero-order chi connectivity index (χ0) is 15.8. The van der Waals surface area contributed by atoms with E-state index in [1.54, 1.807) is 0 Å². The summed E-state index contributed by atoms with van der Waals surface area (Å²) in [6, 6.07) is 20.1. The second-order valence-electron chi connectivity index (χ2n) is 5.77. The van der Waals surface area contributed by atoms with Crippen LogP contribution in [-0.2, 0) is 5.60 Å². The number of hydrogen-bond donors (Lipinski definition) is 2. The van der Waals surface area contributed by atoms with Gasteiger partial charge in [0.05, 0.1) is 11.7 Å². The van der Waals surface area contributed by atoms with E-state index in [2.05, 4.69) is 37.1 Å². The van der Waals surface area contributed by atoms with E-state index >= 15 is 0 Å². The highest BCUT2D eigenvalue weighted by Crippen LogP contribution is 2.36. The van der Waals surface area contributed by atoms with Crippen LogP contribution >= 0.6 is 12.9 Å². The molecule has 0 amide bonds. The van der Waals surface area contributed by atoms with Gasteiger partial charge in [0.25, 0.3) is 0 Å². The molecule has 4 heteroatoms. The summed E-state index contributed by atoms with van der Waals surface area (Å²) < 4.78 is 1.47. The largest absolute Gasteiger partial charge is 0.506 e. The molecule has 1 aliphatic carbocycles. The molecule has 3 rings (SSSR count). The molecule has 2 N–H and O–H groups in total. The summed E-state index contributed by atoms with van der Waals surface area (Å²) in [5, 5.41) is 19.9. The molecule has 2 nitrogen and oxygen atoms in total. The van der Waals surface area contributed by atoms with Gasteiger partial charge >= 0.3 is 18.2 Å². The molecule has 2 aromatic carbocycles. The SMILES string of the molecule is OC1CCCC(O)(c2ccccc2)C1.[Br][Mg][c]1ccccc1. The van der Waals surface area contributed by atoms with Crippen molar-refractivity contribution < 1.29 is 10.2 Å². The summed E-state index contributed by atoms with van der Waals surface area (Å²) in [6.07, 6.45) is 2.58. The van der Waals surface area contributed by atoms with Crippen molar-refractivity contribution in [3.63, 3.8) is 0 Å². The smallest absolute Gasteiger partial charge is 0.393 e. The van der Waals surface area contributed by atoms with Gasteiger partial charge in [0.15, 0.2) is 0 Å². The maximum Gasteiger partial charge on any atom is 0.506 e. The highest BCUT2D eigenvalue weighted by molar-refractivity contribution is 9.23. The summed E-state index contributed by atoms with van der Waals surface area (Å²) in [4.78, 5) is 0. The Bertz CT molecular complexity index is 550. The number of rotatable bonds is 2. The molecule has 0 aromatic heterocycles. The molecule has 2 aromatic rings. The fourth-order valence-corrected chi connectivity index (χ4v) is 4.37. The van der Waals surface area contributed by atoms with Gasteiger partial charge < -0.3 is 10.2 Å². The molecule has 1 aliphatic rings. The Hall–Kier alpha value is -0.394. The van der Waals surface area contributed by atoms with Crippen LogP contribution in [0, 0.1) is 0 Å². The third-order valence-corrected chi connectivity index (χ3v) is 6.73. The molecule has 1 saturated carbocycles. The molecular weight excluding hydrogens is 352 g/mol. The van der Waals surface area contributed by atoms with Gasteiger partial charge in [-0.15, -0.1) is 0 Å². The van der Waals surface area contributed by atoms with Crippen molar-refractivity contribution in [2.24, 2.45) is 0 Å². The average Bonchev–Trinajstić information content (AvgIpc) is 2.57. The fraction of sp³-hybridized carbons (Fsp3) is 0.333. The number of hydrogen-bond acceptors (Lipinski definition) is 2. The molecule has 0 aliphatic heterocycles. The van der Waals surface area contributed by atoms with Crippen molar-refractivity contribution in [1.29, 1.82) is 0 Å². The minimum Gasteiger partial charge on any atom is -0.393 e. The van der Waals surface area contributed by atoms with E-state index in [0.29, 0.717) is 6.42 Å². The van der Waals surface area contributed by atoms with Crippen LogP contribution in [0.4, 0.5) is 0 Å². The first kappa shape index (κ1) is 18.0. The third-order valence-electron chi connectivity index (χ3n) is 4.01. The molecule has 22 heavy (non-hydrogen) atoms. The Morgan fingerprint density at radius 3 is 2.09 bits per heavy atom. The van der Waals surface area contributed by atoms with E-state index < -0.39 is 5.60 Å². The van der Waals surface area contributed by atoms with E-state index in [-0.39, 0.29) is 24.3 Å².